The molecule has 0 saturated carbocycles. The summed E-state index contributed by atoms with van der Waals surface area (Å²) in [5, 5.41) is 13.5. The Kier molecular flexibility index (Phi) is 5.86. The van der Waals surface area contributed by atoms with Gasteiger partial charge in [0.15, 0.2) is 0 Å². The fourth-order valence-electron chi connectivity index (χ4n) is 2.49. The zero-order valence-corrected chi connectivity index (χ0v) is 15.1. The van der Waals surface area contributed by atoms with Gasteiger partial charge in [0.05, 0.1) is 17.2 Å². The number of nitrogens with one attached hydrogen (secondary N) is 1. The number of non-ortho nitro benzene ring substituents is 1. The minimum atomic E-state index is -0.471. The Hall–Kier alpha value is -3.87. The molecule has 0 bridgehead atoms. The lowest BCUT2D eigenvalue weighted by Gasteiger charge is -2.11. The van der Waals surface area contributed by atoms with Crippen LogP contribution >= 0.6 is 0 Å². The molecule has 142 valence electrons. The lowest BCUT2D eigenvalue weighted by Crippen LogP contribution is -2.12. The molecule has 0 saturated heterocycles. The molecule has 7 heteroatoms. The summed E-state index contributed by atoms with van der Waals surface area (Å²) < 4.78 is 11.1. The van der Waals surface area contributed by atoms with Crippen molar-refractivity contribution in [1.82, 2.24) is 0 Å². The zero-order chi connectivity index (χ0) is 19.9. The Bertz CT molecular complexity index is 969. The number of nitro benzene ring substituents is 1. The largest absolute Gasteiger partial charge is 0.492 e. The molecule has 0 unspecified atom stereocenters. The molecule has 0 aliphatic carbocycles. The Labute approximate surface area is 161 Å². The number of ether oxygens (including phenoxy) is 2. The average molecular weight is 378 g/mol. The smallest absolute Gasteiger partial charge is 0.269 e. The van der Waals surface area contributed by atoms with E-state index in [1.165, 1.54) is 24.3 Å². The molecule has 3 aromatic rings. The van der Waals surface area contributed by atoms with Gasteiger partial charge in [0.2, 0.25) is 0 Å². The van der Waals surface area contributed by atoms with Crippen LogP contribution in [0.5, 0.6) is 17.2 Å². The summed E-state index contributed by atoms with van der Waals surface area (Å²) in [4.78, 5) is 22.7. The van der Waals surface area contributed by atoms with Crippen LogP contribution in [-0.2, 0) is 0 Å². The predicted octanol–water partition coefficient (Wildman–Crippen LogP) is 5.04. The minimum Gasteiger partial charge on any atom is -0.492 e. The monoisotopic (exact) mass is 378 g/mol. The van der Waals surface area contributed by atoms with Crippen LogP contribution in [0.4, 0.5) is 11.4 Å². The molecule has 0 radical (unpaired) electrons. The van der Waals surface area contributed by atoms with Crippen molar-refractivity contribution in [2.45, 2.75) is 6.92 Å². The first-order valence-corrected chi connectivity index (χ1v) is 8.62. The van der Waals surface area contributed by atoms with E-state index < -0.39 is 4.92 Å². The first-order valence-electron chi connectivity index (χ1n) is 8.62. The SMILES string of the molecule is CCOc1ccccc1NC(=O)c1ccc(Oc2ccc([N+](=O)[O-])cc2)cc1. The molecular weight excluding hydrogens is 360 g/mol. The van der Waals surface area contributed by atoms with E-state index in [1.54, 1.807) is 36.4 Å². The van der Waals surface area contributed by atoms with E-state index in [4.69, 9.17) is 9.47 Å². The van der Waals surface area contributed by atoms with Gasteiger partial charge in [-0.2, -0.15) is 0 Å². The molecule has 1 amide bonds. The van der Waals surface area contributed by atoms with Crippen LogP contribution in [0.15, 0.2) is 72.8 Å². The summed E-state index contributed by atoms with van der Waals surface area (Å²) in [7, 11) is 0. The molecule has 7 nitrogen and oxygen atoms in total. The standard InChI is InChI=1S/C21H18N2O5/c1-2-27-20-6-4-3-5-19(20)22-21(24)15-7-11-17(12-8-15)28-18-13-9-16(10-14-18)23(25)26/h3-14H,2H2,1H3,(H,22,24). The van der Waals surface area contributed by atoms with Crippen molar-refractivity contribution in [3.63, 3.8) is 0 Å². The first-order chi connectivity index (χ1) is 13.6. The third-order valence-corrected chi connectivity index (χ3v) is 3.83. The third-order valence-electron chi connectivity index (χ3n) is 3.83. The number of nitrogens with zero attached hydrogens (tertiary/aromatic N) is 1. The number of hydrogen-bond donors (Lipinski definition) is 1. The number of nitro groups is 1. The van der Waals surface area contributed by atoms with Crippen LogP contribution in [0.1, 0.15) is 17.3 Å². The van der Waals surface area contributed by atoms with Gasteiger partial charge in [-0.25, -0.2) is 0 Å². The molecule has 0 aliphatic rings. The average Bonchev–Trinajstić information content (AvgIpc) is 2.70. The number of para-hydroxylation sites is 2. The Balaban J connectivity index is 1.67. The molecule has 0 aromatic heterocycles. The highest BCUT2D eigenvalue weighted by Crippen LogP contribution is 2.26. The second-order valence-electron chi connectivity index (χ2n) is 5.76. The van der Waals surface area contributed by atoms with Gasteiger partial charge in [0, 0.05) is 17.7 Å². The van der Waals surface area contributed by atoms with Crippen LogP contribution in [0.2, 0.25) is 0 Å². The molecular formula is C21H18N2O5. The van der Waals surface area contributed by atoms with Gasteiger partial charge in [0.25, 0.3) is 11.6 Å². The zero-order valence-electron chi connectivity index (χ0n) is 15.1. The summed E-state index contributed by atoms with van der Waals surface area (Å²) in [6.45, 7) is 2.38. The number of rotatable bonds is 7. The lowest BCUT2D eigenvalue weighted by atomic mass is 10.2. The summed E-state index contributed by atoms with van der Waals surface area (Å²) in [5.74, 6) is 1.32. The number of amides is 1. The maximum atomic E-state index is 12.5. The fraction of sp³-hybridized carbons (Fsp3) is 0.0952. The third kappa shape index (κ3) is 4.64. The van der Waals surface area contributed by atoms with Gasteiger partial charge >= 0.3 is 0 Å². The molecule has 0 aliphatic heterocycles. The fourth-order valence-corrected chi connectivity index (χ4v) is 2.49. The van der Waals surface area contributed by atoms with Gasteiger partial charge in [-0.15, -0.1) is 0 Å². The normalized spacial score (nSPS) is 10.2. The topological polar surface area (TPSA) is 90.7 Å². The van der Waals surface area contributed by atoms with Crippen molar-refractivity contribution in [3.05, 3.63) is 88.5 Å². The van der Waals surface area contributed by atoms with Crippen LogP contribution in [0.25, 0.3) is 0 Å². The summed E-state index contributed by atoms with van der Waals surface area (Å²) in [6, 6.07) is 19.6. The first kappa shape index (κ1) is 18.9. The number of carbonyl (C=O) groups excluding carboxylic acids is 1. The second-order valence-corrected chi connectivity index (χ2v) is 5.76. The van der Waals surface area contributed by atoms with Gasteiger partial charge in [0.1, 0.15) is 17.2 Å². The van der Waals surface area contributed by atoms with Gasteiger partial charge in [-0.3, -0.25) is 14.9 Å². The van der Waals surface area contributed by atoms with Crippen molar-refractivity contribution in [2.24, 2.45) is 0 Å². The number of benzene rings is 3. The van der Waals surface area contributed by atoms with E-state index in [2.05, 4.69) is 5.32 Å². The van der Waals surface area contributed by atoms with Gasteiger partial charge in [-0.1, -0.05) is 12.1 Å². The van der Waals surface area contributed by atoms with E-state index in [1.807, 2.05) is 19.1 Å². The molecule has 1 N–H and O–H groups in total. The van der Waals surface area contributed by atoms with Gasteiger partial charge < -0.3 is 14.8 Å². The molecule has 0 spiro atoms. The number of hydrogen-bond acceptors (Lipinski definition) is 5. The van der Waals surface area contributed by atoms with Gasteiger partial charge in [-0.05, 0) is 55.5 Å². The highest BCUT2D eigenvalue weighted by Gasteiger charge is 2.10. The maximum Gasteiger partial charge on any atom is 0.269 e. The van der Waals surface area contributed by atoms with E-state index in [-0.39, 0.29) is 11.6 Å². The molecule has 28 heavy (non-hydrogen) atoms. The Morgan fingerprint density at radius 2 is 1.57 bits per heavy atom. The van der Waals surface area contributed by atoms with E-state index in [9.17, 15) is 14.9 Å². The minimum absolute atomic E-state index is 0.00768. The van der Waals surface area contributed by atoms with Crippen molar-refractivity contribution in [1.29, 1.82) is 0 Å². The maximum absolute atomic E-state index is 12.5. The second kappa shape index (κ2) is 8.68. The van der Waals surface area contributed by atoms with Crippen LogP contribution < -0.4 is 14.8 Å². The highest BCUT2D eigenvalue weighted by molar-refractivity contribution is 6.05. The van der Waals surface area contributed by atoms with E-state index >= 15 is 0 Å². The van der Waals surface area contributed by atoms with Crippen molar-refractivity contribution in [3.8, 4) is 17.2 Å². The molecule has 0 atom stereocenters. The van der Waals surface area contributed by atoms with Crippen LogP contribution in [0, 0.1) is 10.1 Å². The van der Waals surface area contributed by atoms with Crippen molar-refractivity contribution in [2.75, 3.05) is 11.9 Å². The van der Waals surface area contributed by atoms with Crippen LogP contribution in [0.3, 0.4) is 0 Å². The highest BCUT2D eigenvalue weighted by atomic mass is 16.6. The van der Waals surface area contributed by atoms with E-state index in [0.29, 0.717) is 35.1 Å². The number of carbonyl (C=O) groups is 1. The lowest BCUT2D eigenvalue weighted by molar-refractivity contribution is -0.384. The Morgan fingerprint density at radius 1 is 0.964 bits per heavy atom. The molecule has 0 heterocycles. The predicted molar refractivity (Wildman–Crippen MR) is 105 cm³/mol. The molecule has 3 rings (SSSR count). The summed E-state index contributed by atoms with van der Waals surface area (Å²) in [5.41, 5.74) is 1.05. The molecule has 0 fully saturated rings. The quantitative estimate of drug-likeness (QED) is 0.459. The van der Waals surface area contributed by atoms with Crippen molar-refractivity contribution >= 4 is 17.3 Å². The number of anilines is 1. The van der Waals surface area contributed by atoms with E-state index in [0.717, 1.165) is 0 Å². The van der Waals surface area contributed by atoms with Crippen LogP contribution in [-0.4, -0.2) is 17.4 Å². The summed E-state index contributed by atoms with van der Waals surface area (Å²) in [6.07, 6.45) is 0. The van der Waals surface area contributed by atoms with Crippen molar-refractivity contribution < 1.29 is 19.2 Å². The summed E-state index contributed by atoms with van der Waals surface area (Å²) >= 11 is 0. The molecule has 3 aromatic carbocycles. The Morgan fingerprint density at radius 3 is 2.18 bits per heavy atom.